The van der Waals surface area contributed by atoms with Crippen molar-refractivity contribution in [2.24, 2.45) is 5.41 Å². The maximum atomic E-state index is 12.3. The zero-order valence-electron chi connectivity index (χ0n) is 21.0. The Kier molecular flexibility index (Phi) is 9.55. The quantitative estimate of drug-likeness (QED) is 0.155. The lowest BCUT2D eigenvalue weighted by molar-refractivity contribution is -0.146. The van der Waals surface area contributed by atoms with Gasteiger partial charge in [0.2, 0.25) is 11.7 Å². The monoisotopic (exact) mass is 461 g/mol. The van der Waals surface area contributed by atoms with E-state index in [1.54, 1.807) is 12.1 Å². The SMILES string of the molecule is CC(=O)C(=O)Oc1ccc(NC(=O)/C=C(C)/C=C/C=C(C)/C=C/C2=C(C)CCCC2(C)C)cc1. The molecule has 1 aromatic carbocycles. The number of anilines is 1. The molecular formula is C29H35NO4. The van der Waals surface area contributed by atoms with Crippen molar-refractivity contribution in [3.8, 4) is 5.75 Å². The van der Waals surface area contributed by atoms with Crippen molar-refractivity contribution in [3.05, 3.63) is 83.0 Å². The number of rotatable bonds is 8. The molecule has 0 saturated carbocycles. The molecule has 0 heterocycles. The van der Waals surface area contributed by atoms with E-state index in [0.717, 1.165) is 18.1 Å². The van der Waals surface area contributed by atoms with Gasteiger partial charge in [-0.15, -0.1) is 0 Å². The van der Waals surface area contributed by atoms with Gasteiger partial charge in [0.05, 0.1) is 0 Å². The second-order valence-electron chi connectivity index (χ2n) is 9.38. The molecule has 0 radical (unpaired) electrons. The van der Waals surface area contributed by atoms with Gasteiger partial charge in [-0.3, -0.25) is 9.59 Å². The minimum Gasteiger partial charge on any atom is -0.421 e. The molecule has 180 valence electrons. The number of nitrogens with one attached hydrogen (secondary N) is 1. The topological polar surface area (TPSA) is 72.5 Å². The van der Waals surface area contributed by atoms with Crippen LogP contribution in [0.3, 0.4) is 0 Å². The molecule has 0 fully saturated rings. The molecule has 0 bridgehead atoms. The van der Waals surface area contributed by atoms with Crippen LogP contribution in [-0.4, -0.2) is 17.7 Å². The van der Waals surface area contributed by atoms with Crippen molar-refractivity contribution in [3.63, 3.8) is 0 Å². The van der Waals surface area contributed by atoms with Crippen LogP contribution in [0.2, 0.25) is 0 Å². The number of carbonyl (C=O) groups excluding carboxylic acids is 3. The van der Waals surface area contributed by atoms with Crippen LogP contribution < -0.4 is 10.1 Å². The number of esters is 1. The predicted molar refractivity (Wildman–Crippen MR) is 138 cm³/mol. The van der Waals surface area contributed by atoms with E-state index in [2.05, 4.69) is 45.2 Å². The van der Waals surface area contributed by atoms with Crippen LogP contribution in [0.4, 0.5) is 5.69 Å². The molecule has 0 aromatic heterocycles. The van der Waals surface area contributed by atoms with Crippen molar-refractivity contribution in [2.75, 3.05) is 5.32 Å². The van der Waals surface area contributed by atoms with E-state index in [-0.39, 0.29) is 17.1 Å². The number of ketones is 1. The van der Waals surface area contributed by atoms with Crippen molar-refractivity contribution >= 4 is 23.3 Å². The lowest BCUT2D eigenvalue weighted by atomic mass is 9.72. The van der Waals surface area contributed by atoms with Gasteiger partial charge >= 0.3 is 5.97 Å². The molecule has 0 atom stereocenters. The summed E-state index contributed by atoms with van der Waals surface area (Å²) in [5, 5.41) is 2.76. The molecule has 1 aliphatic rings. The predicted octanol–water partition coefficient (Wildman–Crippen LogP) is 6.65. The third kappa shape index (κ3) is 8.47. The fourth-order valence-electron chi connectivity index (χ4n) is 3.85. The lowest BCUT2D eigenvalue weighted by Crippen LogP contribution is -2.19. The first-order chi connectivity index (χ1) is 16.0. The number of benzene rings is 1. The van der Waals surface area contributed by atoms with Gasteiger partial charge in [0, 0.05) is 18.7 Å². The number of Topliss-reactive ketones (excluding diaryl/α,β-unsaturated/α-hetero) is 1. The normalized spacial score (nSPS) is 16.8. The van der Waals surface area contributed by atoms with Gasteiger partial charge in [-0.25, -0.2) is 4.79 Å². The number of allylic oxidation sites excluding steroid dienone is 9. The summed E-state index contributed by atoms with van der Waals surface area (Å²) in [7, 11) is 0. The number of amides is 1. The Labute approximate surface area is 203 Å². The second-order valence-corrected chi connectivity index (χ2v) is 9.38. The first kappa shape index (κ1) is 26.8. The Morgan fingerprint density at radius 1 is 1.00 bits per heavy atom. The maximum Gasteiger partial charge on any atom is 0.379 e. The molecule has 0 aliphatic heterocycles. The molecule has 1 N–H and O–H groups in total. The van der Waals surface area contributed by atoms with Crippen LogP contribution in [-0.2, 0) is 14.4 Å². The van der Waals surface area contributed by atoms with Crippen molar-refractivity contribution in [2.45, 2.75) is 60.8 Å². The number of hydrogen-bond donors (Lipinski definition) is 1. The van der Waals surface area contributed by atoms with Gasteiger partial charge in [0.1, 0.15) is 5.75 Å². The Morgan fingerprint density at radius 3 is 2.29 bits per heavy atom. The van der Waals surface area contributed by atoms with Crippen molar-refractivity contribution < 1.29 is 19.1 Å². The Balaban J connectivity index is 1.93. The van der Waals surface area contributed by atoms with Crippen molar-refractivity contribution in [1.82, 2.24) is 0 Å². The third-order valence-electron chi connectivity index (χ3n) is 5.75. The molecule has 0 spiro atoms. The van der Waals surface area contributed by atoms with E-state index in [4.69, 9.17) is 4.74 Å². The van der Waals surface area contributed by atoms with E-state index in [9.17, 15) is 14.4 Å². The summed E-state index contributed by atoms with van der Waals surface area (Å²) < 4.78 is 4.90. The molecule has 0 unspecified atom stereocenters. The average Bonchev–Trinajstić information content (AvgIpc) is 2.74. The average molecular weight is 462 g/mol. The molecule has 1 amide bonds. The standard InChI is InChI=1S/C29H35NO4/c1-20(12-17-26-22(3)11-8-18-29(26,5)6)9-7-10-21(2)19-27(32)30-24-13-15-25(16-14-24)34-28(33)23(4)31/h7,9-10,12-17,19H,8,11,18H2,1-6H3,(H,30,32)/b10-7+,17-12+,20-9+,21-19+. The summed E-state index contributed by atoms with van der Waals surface area (Å²) in [6, 6.07) is 6.23. The Hall–Kier alpha value is -3.47. The van der Waals surface area contributed by atoms with Crippen LogP contribution in [0.25, 0.3) is 0 Å². The first-order valence-electron chi connectivity index (χ1n) is 11.5. The molecule has 1 aromatic rings. The summed E-state index contributed by atoms with van der Waals surface area (Å²) in [6.07, 6.45) is 15.4. The first-order valence-corrected chi connectivity index (χ1v) is 11.5. The van der Waals surface area contributed by atoms with Crippen LogP contribution in [0.15, 0.2) is 83.0 Å². The van der Waals surface area contributed by atoms with Gasteiger partial charge < -0.3 is 10.1 Å². The zero-order valence-corrected chi connectivity index (χ0v) is 21.0. The zero-order chi connectivity index (χ0) is 25.3. The molecule has 0 saturated heterocycles. The molecule has 34 heavy (non-hydrogen) atoms. The second kappa shape index (κ2) is 12.1. The lowest BCUT2D eigenvalue weighted by Gasteiger charge is -2.32. The van der Waals surface area contributed by atoms with E-state index >= 15 is 0 Å². The largest absolute Gasteiger partial charge is 0.421 e. The van der Waals surface area contributed by atoms with Crippen LogP contribution >= 0.6 is 0 Å². The van der Waals surface area contributed by atoms with Crippen molar-refractivity contribution in [1.29, 1.82) is 0 Å². The Bertz CT molecular complexity index is 1080. The summed E-state index contributed by atoms with van der Waals surface area (Å²) in [6.45, 7) is 11.9. The minimum absolute atomic E-state index is 0.223. The fourth-order valence-corrected chi connectivity index (χ4v) is 3.85. The van der Waals surface area contributed by atoms with Gasteiger partial charge in [0.25, 0.3) is 0 Å². The fraction of sp³-hybridized carbons (Fsp3) is 0.345. The van der Waals surface area contributed by atoms with E-state index in [1.807, 2.05) is 25.2 Å². The molecule has 2 rings (SSSR count). The van der Waals surface area contributed by atoms with Crippen LogP contribution in [0.5, 0.6) is 5.75 Å². The molecule has 1 aliphatic carbocycles. The summed E-state index contributed by atoms with van der Waals surface area (Å²) >= 11 is 0. The summed E-state index contributed by atoms with van der Waals surface area (Å²) in [5.41, 5.74) is 5.64. The van der Waals surface area contributed by atoms with Gasteiger partial charge in [-0.2, -0.15) is 0 Å². The summed E-state index contributed by atoms with van der Waals surface area (Å²) in [5.74, 6) is -1.62. The van der Waals surface area contributed by atoms with Gasteiger partial charge in [-0.05, 0) is 80.9 Å². The van der Waals surface area contributed by atoms with Gasteiger partial charge in [-0.1, -0.05) is 55.4 Å². The van der Waals surface area contributed by atoms with Crippen LogP contribution in [0.1, 0.15) is 60.8 Å². The maximum absolute atomic E-state index is 12.3. The van der Waals surface area contributed by atoms with Gasteiger partial charge in [0.15, 0.2) is 0 Å². The smallest absolute Gasteiger partial charge is 0.379 e. The van der Waals surface area contributed by atoms with E-state index in [1.165, 1.54) is 48.6 Å². The highest BCUT2D eigenvalue weighted by Crippen LogP contribution is 2.40. The number of ether oxygens (including phenoxy) is 1. The Morgan fingerprint density at radius 2 is 1.68 bits per heavy atom. The summed E-state index contributed by atoms with van der Waals surface area (Å²) in [4.78, 5) is 34.5. The highest BCUT2D eigenvalue weighted by atomic mass is 16.5. The number of carbonyl (C=O) groups is 3. The van der Waals surface area contributed by atoms with E-state index in [0.29, 0.717) is 5.69 Å². The molecule has 5 heteroatoms. The number of hydrogen-bond acceptors (Lipinski definition) is 4. The highest BCUT2D eigenvalue weighted by molar-refractivity contribution is 6.33. The third-order valence-corrected chi connectivity index (χ3v) is 5.75. The minimum atomic E-state index is -0.924. The van der Waals surface area contributed by atoms with E-state index < -0.39 is 11.8 Å². The molecule has 5 nitrogen and oxygen atoms in total. The molecular weight excluding hydrogens is 426 g/mol. The van der Waals surface area contributed by atoms with Crippen LogP contribution in [0, 0.1) is 5.41 Å². The highest BCUT2D eigenvalue weighted by Gasteiger charge is 2.26.